The molecule has 0 radical (unpaired) electrons. The number of hydrogen-bond donors (Lipinski definition) is 8. The highest BCUT2D eigenvalue weighted by Crippen LogP contribution is 2.23. The van der Waals surface area contributed by atoms with E-state index in [1.165, 1.54) is 82.7 Å². The van der Waals surface area contributed by atoms with E-state index in [2.05, 4.69) is 33.5 Å². The Morgan fingerprint density at radius 3 is 1.86 bits per heavy atom. The van der Waals surface area contributed by atoms with Crippen LogP contribution in [0.2, 0.25) is 0 Å². The first-order valence-corrected chi connectivity index (χ1v) is 23.8. The minimum Gasteiger partial charge on any atom is -0.508 e. The normalized spacial score (nSPS) is 16.9. The second-order valence-electron chi connectivity index (χ2n) is 18.1. The van der Waals surface area contributed by atoms with Crippen LogP contribution in [0.25, 0.3) is 0 Å². The van der Waals surface area contributed by atoms with Crippen LogP contribution >= 0.6 is 0 Å². The van der Waals surface area contributed by atoms with Crippen LogP contribution in [0, 0.1) is 11.8 Å². The third-order valence-electron chi connectivity index (χ3n) is 11.7. The number of aliphatic hydroxyl groups is 2. The molecule has 1 aromatic rings. The van der Waals surface area contributed by atoms with Gasteiger partial charge in [0, 0.05) is 31.7 Å². The molecule has 2 rings (SSSR count). The summed E-state index contributed by atoms with van der Waals surface area (Å²) in [6, 6.07) is -0.665. The molecule has 0 spiro atoms. The molecule has 6 amide bonds. The van der Waals surface area contributed by atoms with E-state index in [4.69, 9.17) is 0 Å². The Balaban J connectivity index is 2.03. The molecule has 17 heteroatoms. The smallest absolute Gasteiger partial charge is 0.248 e. The summed E-state index contributed by atoms with van der Waals surface area (Å²) in [5.74, 6) is -5.12. The van der Waals surface area contributed by atoms with Crippen LogP contribution in [0.15, 0.2) is 24.3 Å². The van der Waals surface area contributed by atoms with Crippen LogP contribution in [0.4, 0.5) is 0 Å². The number of phenols is 1. The van der Waals surface area contributed by atoms with Crippen molar-refractivity contribution in [2.45, 2.75) is 193 Å². The lowest BCUT2D eigenvalue weighted by molar-refractivity contribution is -0.145. The standard InChI is InChI=1S/C48H78N6O11/c1-7-8-9-10-11-12-13-14-15-16-17-19-38(59)30-36(28-31(2)3)44(61)53-42(34(6)57)48(65)54-26-18-20-40(54)46(63)52-41(33(5)56)47(64)50-32(4)43(60)51-39(45(62)49-25-27-55)29-35-21-23-37(58)24-22-35/h21-24,27,31-34,36,39-42,56-58H,7-20,25-26,28-30H2,1-6H3,(H,49,62)(H,50,64)(H,51,60)(H,52,63)(H,53,61)/t32-,33?,34?,36+,39-,40+,41-,42-/m0/s1. The van der Waals surface area contributed by atoms with Crippen molar-refractivity contribution in [3.63, 3.8) is 0 Å². The van der Waals surface area contributed by atoms with Gasteiger partial charge in [0.2, 0.25) is 35.4 Å². The first-order chi connectivity index (χ1) is 30.9. The van der Waals surface area contributed by atoms with E-state index >= 15 is 0 Å². The number of carbonyl (C=O) groups excluding carboxylic acids is 8. The Morgan fingerprint density at radius 1 is 0.723 bits per heavy atom. The molecule has 1 aromatic carbocycles. The highest BCUT2D eigenvalue weighted by Gasteiger charge is 2.41. The van der Waals surface area contributed by atoms with Gasteiger partial charge in [-0.2, -0.15) is 0 Å². The molecule has 2 unspecified atom stereocenters. The van der Waals surface area contributed by atoms with Crippen molar-refractivity contribution in [3.8, 4) is 5.75 Å². The zero-order chi connectivity index (χ0) is 48.5. The SMILES string of the molecule is CCCCCCCCCCCCCC(=O)C[C@@H](CC(C)C)C(=O)N[C@H](C(=O)N1CCC[C@@H]1C(=O)N[C@H](C(=O)N[C@@H](C)C(=O)N[C@@H](Cc1ccc(O)cc1)C(=O)NCC=O)C(C)O)C(C)O. The van der Waals surface area contributed by atoms with Crippen molar-refractivity contribution >= 4 is 47.5 Å². The number of ketones is 1. The summed E-state index contributed by atoms with van der Waals surface area (Å²) in [4.78, 5) is 106. The molecular weight excluding hydrogens is 837 g/mol. The maximum absolute atomic E-state index is 14.0. The maximum atomic E-state index is 14.0. The summed E-state index contributed by atoms with van der Waals surface area (Å²) in [5, 5.41) is 43.5. The van der Waals surface area contributed by atoms with Gasteiger partial charge >= 0.3 is 0 Å². The lowest BCUT2D eigenvalue weighted by atomic mass is 9.90. The Hall–Kier alpha value is -4.90. The van der Waals surface area contributed by atoms with Crippen molar-refractivity contribution in [2.24, 2.45) is 11.8 Å². The fourth-order valence-electron chi connectivity index (χ4n) is 8.02. The third kappa shape index (κ3) is 20.9. The molecule has 0 aromatic heterocycles. The van der Waals surface area contributed by atoms with Gasteiger partial charge in [0.05, 0.1) is 18.8 Å². The second-order valence-corrected chi connectivity index (χ2v) is 18.1. The van der Waals surface area contributed by atoms with Crippen molar-refractivity contribution in [2.75, 3.05) is 13.1 Å². The highest BCUT2D eigenvalue weighted by atomic mass is 16.3. The first kappa shape index (κ1) is 56.2. The summed E-state index contributed by atoms with van der Waals surface area (Å²) in [5.41, 5.74) is 0.580. The van der Waals surface area contributed by atoms with Gasteiger partial charge in [-0.25, -0.2) is 0 Å². The number of likely N-dealkylation sites (tertiary alicyclic amines) is 1. The largest absolute Gasteiger partial charge is 0.508 e. The molecular formula is C48H78N6O11. The zero-order valence-electron chi connectivity index (χ0n) is 39.6. The van der Waals surface area contributed by atoms with E-state index in [0.717, 1.165) is 25.7 Å². The number of aliphatic hydroxyl groups excluding tert-OH is 2. The number of rotatable bonds is 32. The quantitative estimate of drug-likeness (QED) is 0.0384. The Bertz CT molecular complexity index is 1670. The predicted octanol–water partition coefficient (Wildman–Crippen LogP) is 3.28. The molecule has 366 valence electrons. The van der Waals surface area contributed by atoms with E-state index in [-0.39, 0.29) is 49.8 Å². The lowest BCUT2D eigenvalue weighted by Crippen LogP contribution is -2.61. The number of Topliss-reactive ketones (excluding diaryl/α,β-unsaturated/α-hetero) is 1. The van der Waals surface area contributed by atoms with Crippen molar-refractivity contribution in [3.05, 3.63) is 29.8 Å². The molecule has 17 nitrogen and oxygen atoms in total. The minimum atomic E-state index is -1.58. The summed E-state index contributed by atoms with van der Waals surface area (Å²) in [6.45, 7) is 9.83. The molecule has 1 saturated heterocycles. The van der Waals surface area contributed by atoms with Crippen LogP contribution in [-0.2, 0) is 44.8 Å². The summed E-state index contributed by atoms with van der Waals surface area (Å²) < 4.78 is 0. The van der Waals surface area contributed by atoms with Gasteiger partial charge < -0.3 is 51.6 Å². The van der Waals surface area contributed by atoms with Gasteiger partial charge in [-0.1, -0.05) is 97.1 Å². The average molecular weight is 915 g/mol. The number of carbonyl (C=O) groups is 8. The number of aromatic hydroxyl groups is 1. The maximum Gasteiger partial charge on any atom is 0.248 e. The summed E-state index contributed by atoms with van der Waals surface area (Å²) in [7, 11) is 0. The predicted molar refractivity (Wildman–Crippen MR) is 246 cm³/mol. The fourth-order valence-corrected chi connectivity index (χ4v) is 8.02. The minimum absolute atomic E-state index is 0.00358. The van der Waals surface area contributed by atoms with Crippen molar-refractivity contribution in [1.29, 1.82) is 0 Å². The van der Waals surface area contributed by atoms with E-state index in [0.29, 0.717) is 31.1 Å². The van der Waals surface area contributed by atoms with E-state index in [9.17, 15) is 53.7 Å². The van der Waals surface area contributed by atoms with E-state index < -0.39 is 83.8 Å². The molecule has 65 heavy (non-hydrogen) atoms. The number of nitrogens with zero attached hydrogens (tertiary/aromatic N) is 1. The number of amides is 6. The molecule has 0 bridgehead atoms. The molecule has 0 saturated carbocycles. The van der Waals surface area contributed by atoms with Gasteiger partial charge in [0.25, 0.3) is 0 Å². The van der Waals surface area contributed by atoms with Crippen LogP contribution in [0.5, 0.6) is 5.75 Å². The molecule has 1 fully saturated rings. The number of benzene rings is 1. The Kier molecular flexibility index (Phi) is 26.2. The topological polar surface area (TPSA) is 261 Å². The molecule has 1 aliphatic heterocycles. The van der Waals surface area contributed by atoms with E-state index in [1.807, 2.05) is 13.8 Å². The number of phenolic OH excluding ortho intramolecular Hbond substituents is 1. The van der Waals surface area contributed by atoms with Crippen LogP contribution in [0.3, 0.4) is 0 Å². The molecule has 1 heterocycles. The molecule has 0 aliphatic carbocycles. The monoisotopic (exact) mass is 915 g/mol. The number of nitrogens with one attached hydrogen (secondary N) is 5. The average Bonchev–Trinajstić information content (AvgIpc) is 3.75. The number of aldehydes is 1. The molecule has 8 N–H and O–H groups in total. The zero-order valence-corrected chi connectivity index (χ0v) is 39.6. The second kappa shape index (κ2) is 30.3. The lowest BCUT2D eigenvalue weighted by Gasteiger charge is -2.32. The van der Waals surface area contributed by atoms with Crippen LogP contribution in [0.1, 0.15) is 150 Å². The van der Waals surface area contributed by atoms with Gasteiger partial charge in [0.1, 0.15) is 48.0 Å². The molecule has 8 atom stereocenters. The van der Waals surface area contributed by atoms with Gasteiger partial charge in [0.15, 0.2) is 0 Å². The third-order valence-corrected chi connectivity index (χ3v) is 11.7. The Morgan fingerprint density at radius 2 is 1.31 bits per heavy atom. The van der Waals surface area contributed by atoms with Crippen molar-refractivity contribution < 1.29 is 53.7 Å². The number of unbranched alkanes of at least 4 members (excludes halogenated alkanes) is 10. The first-order valence-electron chi connectivity index (χ1n) is 23.8. The van der Waals surface area contributed by atoms with Crippen molar-refractivity contribution in [1.82, 2.24) is 31.5 Å². The van der Waals surface area contributed by atoms with Gasteiger partial charge in [-0.15, -0.1) is 0 Å². The van der Waals surface area contributed by atoms with Crippen LogP contribution < -0.4 is 26.6 Å². The van der Waals surface area contributed by atoms with Gasteiger partial charge in [-0.3, -0.25) is 33.6 Å². The summed E-state index contributed by atoms with van der Waals surface area (Å²) in [6.07, 6.45) is 11.7. The summed E-state index contributed by atoms with van der Waals surface area (Å²) >= 11 is 0. The highest BCUT2D eigenvalue weighted by molar-refractivity contribution is 5.97. The van der Waals surface area contributed by atoms with E-state index in [1.54, 1.807) is 12.1 Å². The van der Waals surface area contributed by atoms with Gasteiger partial charge in [-0.05, 0) is 70.1 Å². The van der Waals surface area contributed by atoms with Crippen LogP contribution in [-0.4, -0.2) is 123 Å². The molecule has 1 aliphatic rings. The fraction of sp³-hybridized carbons (Fsp3) is 0.708. The Labute approximate surface area is 385 Å². The number of hydrogen-bond acceptors (Lipinski definition) is 11.